The first-order valence-corrected chi connectivity index (χ1v) is 7.10. The van der Waals surface area contributed by atoms with Gasteiger partial charge >= 0.3 is 0 Å². The molecule has 106 valence electrons. The van der Waals surface area contributed by atoms with E-state index < -0.39 is 0 Å². The monoisotopic (exact) mass is 302 g/mol. The molecule has 3 nitrogen and oxygen atoms in total. The molecular weight excluding hydrogens is 283 g/mol. The van der Waals surface area contributed by atoms with Gasteiger partial charge in [-0.1, -0.05) is 29.3 Å². The lowest BCUT2D eigenvalue weighted by molar-refractivity contribution is -0.121. The van der Waals surface area contributed by atoms with Crippen molar-refractivity contribution in [1.82, 2.24) is 10.2 Å². The summed E-state index contributed by atoms with van der Waals surface area (Å²) in [5.74, 6) is 0.0739. The van der Waals surface area contributed by atoms with Crippen molar-refractivity contribution in [3.63, 3.8) is 0 Å². The second-order valence-electron chi connectivity index (χ2n) is 4.76. The molecule has 1 aromatic carbocycles. The molecule has 0 atom stereocenters. The number of hydrogen-bond acceptors (Lipinski definition) is 2. The van der Waals surface area contributed by atoms with Crippen molar-refractivity contribution < 1.29 is 4.79 Å². The Balaban J connectivity index is 2.24. The minimum atomic E-state index is 0.0739. The van der Waals surface area contributed by atoms with E-state index in [-0.39, 0.29) is 5.91 Å². The summed E-state index contributed by atoms with van der Waals surface area (Å²) in [6, 6.07) is 5.46. The number of amides is 1. The number of carbonyl (C=O) groups is 1. The fraction of sp³-hybridized carbons (Fsp3) is 0.500. The first-order chi connectivity index (χ1) is 8.99. The molecule has 1 N–H and O–H groups in total. The van der Waals surface area contributed by atoms with Crippen molar-refractivity contribution in [3.8, 4) is 0 Å². The van der Waals surface area contributed by atoms with Gasteiger partial charge in [-0.2, -0.15) is 0 Å². The molecule has 0 saturated heterocycles. The molecule has 1 amide bonds. The third-order valence-corrected chi connectivity index (χ3v) is 3.47. The summed E-state index contributed by atoms with van der Waals surface area (Å²) >= 11 is 11.8. The van der Waals surface area contributed by atoms with Crippen molar-refractivity contribution in [3.05, 3.63) is 33.8 Å². The van der Waals surface area contributed by atoms with Crippen LogP contribution >= 0.6 is 23.2 Å². The van der Waals surface area contributed by atoms with Gasteiger partial charge in [-0.25, -0.2) is 0 Å². The van der Waals surface area contributed by atoms with Crippen LogP contribution in [0.2, 0.25) is 10.0 Å². The number of nitrogens with zero attached hydrogens (tertiary/aromatic N) is 1. The van der Waals surface area contributed by atoms with Gasteiger partial charge in [-0.3, -0.25) is 4.79 Å². The van der Waals surface area contributed by atoms with Crippen LogP contribution in [0.1, 0.15) is 18.4 Å². The van der Waals surface area contributed by atoms with Gasteiger partial charge in [0.1, 0.15) is 0 Å². The Kier molecular flexibility index (Phi) is 7.21. The van der Waals surface area contributed by atoms with E-state index in [1.165, 1.54) is 0 Å². The van der Waals surface area contributed by atoms with E-state index in [2.05, 4.69) is 10.2 Å². The average Bonchev–Trinajstić information content (AvgIpc) is 2.36. The van der Waals surface area contributed by atoms with Crippen LogP contribution < -0.4 is 5.32 Å². The number of carbonyl (C=O) groups excluding carboxylic acids is 1. The van der Waals surface area contributed by atoms with E-state index in [4.69, 9.17) is 23.2 Å². The molecule has 0 heterocycles. The topological polar surface area (TPSA) is 32.3 Å². The molecule has 0 bridgehead atoms. The minimum absolute atomic E-state index is 0.0739. The highest BCUT2D eigenvalue weighted by Crippen LogP contribution is 2.23. The largest absolute Gasteiger partial charge is 0.356 e. The maximum atomic E-state index is 11.6. The Morgan fingerprint density at radius 1 is 1.26 bits per heavy atom. The number of halogens is 2. The number of rotatable bonds is 7. The van der Waals surface area contributed by atoms with E-state index in [0.29, 0.717) is 22.9 Å². The molecule has 0 saturated carbocycles. The molecule has 0 radical (unpaired) electrons. The van der Waals surface area contributed by atoms with Crippen LogP contribution in [-0.2, 0) is 11.2 Å². The average molecular weight is 303 g/mol. The van der Waals surface area contributed by atoms with Crippen molar-refractivity contribution >= 4 is 29.1 Å². The summed E-state index contributed by atoms with van der Waals surface area (Å²) in [5, 5.41) is 3.98. The molecule has 0 aliphatic rings. The van der Waals surface area contributed by atoms with Gasteiger partial charge in [-0.05, 0) is 51.2 Å². The fourth-order valence-corrected chi connectivity index (χ4v) is 1.99. The highest BCUT2D eigenvalue weighted by molar-refractivity contribution is 6.42. The summed E-state index contributed by atoms with van der Waals surface area (Å²) in [6.07, 6.45) is 2.11. The second kappa shape index (κ2) is 8.41. The summed E-state index contributed by atoms with van der Waals surface area (Å²) in [5.41, 5.74) is 1.03. The zero-order chi connectivity index (χ0) is 14.3. The zero-order valence-corrected chi connectivity index (χ0v) is 12.9. The first kappa shape index (κ1) is 16.3. The van der Waals surface area contributed by atoms with Crippen molar-refractivity contribution in [2.24, 2.45) is 0 Å². The Bertz CT molecular complexity index is 422. The van der Waals surface area contributed by atoms with Gasteiger partial charge in [0.15, 0.2) is 0 Å². The molecule has 0 fully saturated rings. The number of aryl methyl sites for hydroxylation is 1. The number of hydrogen-bond donors (Lipinski definition) is 1. The van der Waals surface area contributed by atoms with E-state index in [1.807, 2.05) is 26.2 Å². The highest BCUT2D eigenvalue weighted by Gasteiger charge is 2.04. The van der Waals surface area contributed by atoms with Gasteiger partial charge in [0.25, 0.3) is 0 Å². The van der Waals surface area contributed by atoms with Crippen LogP contribution in [0.25, 0.3) is 0 Å². The lowest BCUT2D eigenvalue weighted by Crippen LogP contribution is -2.27. The molecule has 1 rings (SSSR count). The van der Waals surface area contributed by atoms with Gasteiger partial charge in [0.2, 0.25) is 5.91 Å². The molecule has 0 spiro atoms. The predicted octanol–water partition coefficient (Wildman–Crippen LogP) is 2.99. The van der Waals surface area contributed by atoms with Gasteiger partial charge in [0.05, 0.1) is 10.0 Å². The third kappa shape index (κ3) is 6.81. The molecule has 0 aromatic heterocycles. The summed E-state index contributed by atoms with van der Waals surface area (Å²) < 4.78 is 0. The van der Waals surface area contributed by atoms with Crippen molar-refractivity contribution in [2.45, 2.75) is 19.3 Å². The molecule has 5 heteroatoms. The van der Waals surface area contributed by atoms with Crippen LogP contribution in [0.15, 0.2) is 18.2 Å². The zero-order valence-electron chi connectivity index (χ0n) is 11.4. The first-order valence-electron chi connectivity index (χ1n) is 6.34. The summed E-state index contributed by atoms with van der Waals surface area (Å²) in [4.78, 5) is 13.7. The molecule has 0 aliphatic carbocycles. The standard InChI is InChI=1S/C14H20Cl2N2O/c1-18(2)9-3-8-17-14(19)7-5-11-4-6-12(15)13(16)10-11/h4,6,10H,3,5,7-9H2,1-2H3,(H,17,19). The second-order valence-corrected chi connectivity index (χ2v) is 5.57. The third-order valence-electron chi connectivity index (χ3n) is 2.73. The Labute approximate surface area is 124 Å². The maximum absolute atomic E-state index is 11.6. The van der Waals surface area contributed by atoms with Crippen LogP contribution in [0.5, 0.6) is 0 Å². The summed E-state index contributed by atoms with van der Waals surface area (Å²) in [6.45, 7) is 1.70. The van der Waals surface area contributed by atoms with Crippen molar-refractivity contribution in [2.75, 3.05) is 27.2 Å². The Hall–Kier alpha value is -0.770. The van der Waals surface area contributed by atoms with Gasteiger partial charge in [-0.15, -0.1) is 0 Å². The van der Waals surface area contributed by atoms with E-state index in [0.717, 1.165) is 25.1 Å². The predicted molar refractivity (Wildman–Crippen MR) is 81.0 cm³/mol. The fourth-order valence-electron chi connectivity index (χ4n) is 1.66. The van der Waals surface area contributed by atoms with Gasteiger partial charge in [0, 0.05) is 13.0 Å². The smallest absolute Gasteiger partial charge is 0.220 e. The minimum Gasteiger partial charge on any atom is -0.356 e. The Morgan fingerprint density at radius 2 is 2.00 bits per heavy atom. The molecule has 0 aliphatic heterocycles. The van der Waals surface area contributed by atoms with Crippen LogP contribution in [0.4, 0.5) is 0 Å². The molecular formula is C14H20Cl2N2O. The SMILES string of the molecule is CN(C)CCCNC(=O)CCc1ccc(Cl)c(Cl)c1. The lowest BCUT2D eigenvalue weighted by Gasteiger charge is -2.10. The lowest BCUT2D eigenvalue weighted by atomic mass is 10.1. The number of nitrogens with one attached hydrogen (secondary N) is 1. The van der Waals surface area contributed by atoms with E-state index in [1.54, 1.807) is 6.07 Å². The normalized spacial score (nSPS) is 10.8. The maximum Gasteiger partial charge on any atom is 0.220 e. The van der Waals surface area contributed by atoms with Crippen LogP contribution in [0.3, 0.4) is 0 Å². The van der Waals surface area contributed by atoms with E-state index >= 15 is 0 Å². The Morgan fingerprint density at radius 3 is 2.63 bits per heavy atom. The molecule has 1 aromatic rings. The quantitative estimate of drug-likeness (QED) is 0.785. The summed E-state index contributed by atoms with van der Waals surface area (Å²) in [7, 11) is 4.04. The van der Waals surface area contributed by atoms with Crippen molar-refractivity contribution in [1.29, 1.82) is 0 Å². The molecule has 0 unspecified atom stereocenters. The van der Waals surface area contributed by atoms with Crippen LogP contribution in [-0.4, -0.2) is 38.0 Å². The number of benzene rings is 1. The van der Waals surface area contributed by atoms with Crippen LogP contribution in [0, 0.1) is 0 Å². The van der Waals surface area contributed by atoms with Gasteiger partial charge < -0.3 is 10.2 Å². The molecule has 19 heavy (non-hydrogen) atoms. The van der Waals surface area contributed by atoms with E-state index in [9.17, 15) is 4.79 Å². The highest BCUT2D eigenvalue weighted by atomic mass is 35.5.